The van der Waals surface area contributed by atoms with Gasteiger partial charge in [0.15, 0.2) is 0 Å². The molecule has 1 heteroatoms. The molecule has 0 heterocycles. The number of hydrogen-bond donors (Lipinski definition) is 1. The van der Waals surface area contributed by atoms with Crippen LogP contribution < -0.4 is 5.32 Å². The van der Waals surface area contributed by atoms with Crippen molar-refractivity contribution in [1.29, 1.82) is 0 Å². The van der Waals surface area contributed by atoms with E-state index < -0.39 is 0 Å². The summed E-state index contributed by atoms with van der Waals surface area (Å²) in [5.41, 5.74) is 1.57. The van der Waals surface area contributed by atoms with Gasteiger partial charge >= 0.3 is 0 Å². The first kappa shape index (κ1) is 26.2. The molecule has 0 saturated heterocycles. The van der Waals surface area contributed by atoms with Crippen LogP contribution in [0, 0.1) is 27.6 Å². The summed E-state index contributed by atoms with van der Waals surface area (Å²) in [5.74, 6) is 0.730. The van der Waals surface area contributed by atoms with E-state index in [0.29, 0.717) is 21.7 Å². The summed E-state index contributed by atoms with van der Waals surface area (Å²) in [6, 6.07) is 0. The third-order valence-corrected chi connectivity index (χ3v) is 5.62. The maximum absolute atomic E-state index is 3.77. The Hall–Kier alpha value is -0.0400. The van der Waals surface area contributed by atoms with Crippen LogP contribution in [0.4, 0.5) is 0 Å². The predicted molar refractivity (Wildman–Crippen MR) is 114 cm³/mol. The van der Waals surface area contributed by atoms with Crippen LogP contribution in [-0.4, -0.2) is 13.1 Å². The third kappa shape index (κ3) is 11.5. The van der Waals surface area contributed by atoms with Crippen molar-refractivity contribution in [3.05, 3.63) is 0 Å². The Morgan fingerprint density at radius 2 is 1.04 bits per heavy atom. The van der Waals surface area contributed by atoms with E-state index in [1.54, 1.807) is 0 Å². The van der Waals surface area contributed by atoms with Crippen LogP contribution in [-0.2, 0) is 0 Å². The van der Waals surface area contributed by atoms with Crippen molar-refractivity contribution in [3.63, 3.8) is 0 Å². The summed E-state index contributed by atoms with van der Waals surface area (Å²) in [6.45, 7) is 32.5. The smallest absolute Gasteiger partial charge is 0.000295 e. The van der Waals surface area contributed by atoms with Gasteiger partial charge in [0.2, 0.25) is 0 Å². The molecule has 24 heavy (non-hydrogen) atoms. The van der Waals surface area contributed by atoms with Crippen molar-refractivity contribution in [2.75, 3.05) is 13.1 Å². The van der Waals surface area contributed by atoms with Gasteiger partial charge in [-0.3, -0.25) is 0 Å². The highest BCUT2D eigenvalue weighted by Crippen LogP contribution is 2.39. The zero-order chi connectivity index (χ0) is 19.8. The monoisotopic (exact) mass is 341 g/mol. The van der Waals surface area contributed by atoms with Gasteiger partial charge in [-0.15, -0.1) is 0 Å². The summed E-state index contributed by atoms with van der Waals surface area (Å²) in [5, 5.41) is 3.77. The van der Waals surface area contributed by atoms with E-state index in [1.165, 1.54) is 19.3 Å². The predicted octanol–water partition coefficient (Wildman–Crippen LogP) is 7.55. The average molecular weight is 342 g/mol. The molecule has 0 aromatic heterocycles. The highest BCUT2D eigenvalue weighted by atomic mass is 14.9. The van der Waals surface area contributed by atoms with Gasteiger partial charge in [-0.05, 0) is 40.4 Å². The van der Waals surface area contributed by atoms with Crippen LogP contribution in [0.5, 0.6) is 0 Å². The highest BCUT2D eigenvalue weighted by Gasteiger charge is 2.32. The molecule has 0 unspecified atom stereocenters. The van der Waals surface area contributed by atoms with E-state index in [0.717, 1.165) is 19.0 Å². The lowest BCUT2D eigenvalue weighted by Crippen LogP contribution is -2.40. The normalized spacial score (nSPS) is 13.8. The van der Waals surface area contributed by atoms with E-state index in [4.69, 9.17) is 0 Å². The molecular formula is C23H51N. The van der Waals surface area contributed by atoms with E-state index in [9.17, 15) is 0 Å². The fraction of sp³-hybridized carbons (Fsp3) is 1.00. The topological polar surface area (TPSA) is 12.0 Å². The Morgan fingerprint density at radius 1 is 0.667 bits per heavy atom. The number of hydrogen-bond acceptors (Lipinski definition) is 1. The second kappa shape index (κ2) is 10.2. The minimum Gasteiger partial charge on any atom is -0.316 e. The molecule has 0 fully saturated rings. The van der Waals surface area contributed by atoms with Crippen molar-refractivity contribution < 1.29 is 0 Å². The summed E-state index contributed by atoms with van der Waals surface area (Å²) < 4.78 is 0. The third-order valence-electron chi connectivity index (χ3n) is 5.62. The molecule has 0 radical (unpaired) electrons. The lowest BCUT2D eigenvalue weighted by molar-refractivity contribution is 0.129. The molecule has 0 aliphatic carbocycles. The van der Waals surface area contributed by atoms with Crippen LogP contribution in [0.25, 0.3) is 0 Å². The molecule has 0 aliphatic rings. The molecule has 0 aliphatic heterocycles. The van der Waals surface area contributed by atoms with Gasteiger partial charge in [-0.25, -0.2) is 0 Å². The zero-order valence-electron chi connectivity index (χ0n) is 19.6. The van der Waals surface area contributed by atoms with Crippen molar-refractivity contribution in [1.82, 2.24) is 5.32 Å². The summed E-state index contributed by atoms with van der Waals surface area (Å²) in [7, 11) is 0. The Bertz CT molecular complexity index is 321. The van der Waals surface area contributed by atoms with Crippen molar-refractivity contribution in [2.45, 2.75) is 109 Å². The summed E-state index contributed by atoms with van der Waals surface area (Å²) in [4.78, 5) is 0. The summed E-state index contributed by atoms with van der Waals surface area (Å²) in [6.07, 6.45) is 3.80. The van der Waals surface area contributed by atoms with Crippen LogP contribution >= 0.6 is 0 Å². The fourth-order valence-corrected chi connectivity index (χ4v) is 3.72. The first-order valence-electron chi connectivity index (χ1n) is 10.3. The maximum Gasteiger partial charge on any atom is 0.000295 e. The Balaban J connectivity index is 0. The molecule has 0 aromatic carbocycles. The van der Waals surface area contributed by atoms with Crippen molar-refractivity contribution in [3.8, 4) is 0 Å². The minimum absolute atomic E-state index is 0.351. The second-order valence-corrected chi connectivity index (χ2v) is 10.9. The molecule has 0 spiro atoms. The molecule has 1 N–H and O–H groups in total. The fourth-order valence-electron chi connectivity index (χ4n) is 3.72. The molecule has 0 rings (SSSR count). The van der Waals surface area contributed by atoms with E-state index in [-0.39, 0.29) is 0 Å². The Kier molecular flexibility index (Phi) is 11.1. The average Bonchev–Trinajstić information content (AvgIpc) is 2.37. The highest BCUT2D eigenvalue weighted by molar-refractivity contribution is 4.85. The molecular weight excluding hydrogens is 290 g/mol. The van der Waals surface area contributed by atoms with Crippen molar-refractivity contribution >= 4 is 0 Å². The Labute approximate surface area is 155 Å². The van der Waals surface area contributed by atoms with E-state index in [1.807, 2.05) is 13.8 Å². The molecule has 0 saturated carbocycles. The standard InChI is InChI=1S/C21H45N.C2H6/c1-12-18(4,5)13-19(6,7)15-22-16-20(8,9)14-21(10,11)17(2)3;1-2/h17,22H,12-16H2,1-11H3;1-2H3. The molecule has 148 valence electrons. The first-order chi connectivity index (χ1) is 10.6. The maximum atomic E-state index is 3.77. The van der Waals surface area contributed by atoms with Gasteiger partial charge in [0.25, 0.3) is 0 Å². The lowest BCUT2D eigenvalue weighted by Gasteiger charge is -2.39. The lowest BCUT2D eigenvalue weighted by atomic mass is 9.69. The quantitative estimate of drug-likeness (QED) is 0.432. The molecule has 0 aromatic rings. The van der Waals surface area contributed by atoms with Gasteiger partial charge in [-0.2, -0.15) is 0 Å². The number of rotatable bonds is 10. The number of nitrogens with one attached hydrogen (secondary N) is 1. The first-order valence-corrected chi connectivity index (χ1v) is 10.3. The molecule has 1 nitrogen and oxygen atoms in total. The largest absolute Gasteiger partial charge is 0.316 e. The van der Waals surface area contributed by atoms with Crippen LogP contribution in [0.15, 0.2) is 0 Å². The van der Waals surface area contributed by atoms with Gasteiger partial charge in [0.05, 0.1) is 0 Å². The second-order valence-electron chi connectivity index (χ2n) is 10.9. The summed E-state index contributed by atoms with van der Waals surface area (Å²) >= 11 is 0. The van der Waals surface area contributed by atoms with Gasteiger partial charge in [-0.1, -0.05) is 96.4 Å². The van der Waals surface area contributed by atoms with Gasteiger partial charge in [0, 0.05) is 13.1 Å². The van der Waals surface area contributed by atoms with Crippen LogP contribution in [0.3, 0.4) is 0 Å². The van der Waals surface area contributed by atoms with Gasteiger partial charge < -0.3 is 5.32 Å². The van der Waals surface area contributed by atoms with Crippen LogP contribution in [0.2, 0.25) is 0 Å². The van der Waals surface area contributed by atoms with Gasteiger partial charge in [0.1, 0.15) is 0 Å². The van der Waals surface area contributed by atoms with E-state index in [2.05, 4.69) is 81.5 Å². The minimum atomic E-state index is 0.351. The Morgan fingerprint density at radius 3 is 1.38 bits per heavy atom. The molecule has 0 atom stereocenters. The zero-order valence-corrected chi connectivity index (χ0v) is 19.6. The van der Waals surface area contributed by atoms with Crippen molar-refractivity contribution in [2.24, 2.45) is 27.6 Å². The van der Waals surface area contributed by atoms with E-state index >= 15 is 0 Å². The molecule has 0 amide bonds. The van der Waals surface area contributed by atoms with Crippen LogP contribution in [0.1, 0.15) is 109 Å². The SMILES string of the molecule is CC.CCC(C)(C)CC(C)(C)CNCC(C)(C)CC(C)(C)C(C)C. The molecule has 0 bridgehead atoms.